The fourth-order valence-corrected chi connectivity index (χ4v) is 2.95. The predicted octanol–water partition coefficient (Wildman–Crippen LogP) is 3.69. The van der Waals surface area contributed by atoms with Gasteiger partial charge in [-0.3, -0.25) is 9.59 Å². The first-order valence-electron chi connectivity index (χ1n) is 9.05. The van der Waals surface area contributed by atoms with Crippen molar-refractivity contribution in [2.24, 2.45) is 12.1 Å². The van der Waals surface area contributed by atoms with Crippen LogP contribution in [0.3, 0.4) is 0 Å². The lowest BCUT2D eigenvalue weighted by molar-refractivity contribution is -0.125. The number of hydrazone groups is 1. The number of rotatable bonds is 7. The minimum Gasteiger partial charge on any atom is -0.350 e. The Labute approximate surface area is 167 Å². The summed E-state index contributed by atoms with van der Waals surface area (Å²) >= 11 is 0. The van der Waals surface area contributed by atoms with Crippen LogP contribution in [0.1, 0.15) is 12.5 Å². The van der Waals surface area contributed by atoms with E-state index in [1.165, 1.54) is 12.1 Å². The van der Waals surface area contributed by atoms with E-state index in [4.69, 9.17) is 0 Å². The average molecular weight is 392 g/mol. The Bertz CT molecular complexity index is 1080. The van der Waals surface area contributed by atoms with Gasteiger partial charge in [-0.15, -0.1) is 0 Å². The van der Waals surface area contributed by atoms with Crippen molar-refractivity contribution >= 4 is 34.6 Å². The number of anilines is 1. The van der Waals surface area contributed by atoms with Crippen molar-refractivity contribution in [1.29, 1.82) is 0 Å². The van der Waals surface area contributed by atoms with Crippen molar-refractivity contribution in [3.63, 3.8) is 0 Å². The van der Waals surface area contributed by atoms with E-state index in [1.807, 2.05) is 36.0 Å². The minimum absolute atomic E-state index is 0.255. The molecule has 0 unspecified atom stereocenters. The van der Waals surface area contributed by atoms with Gasteiger partial charge >= 0.3 is 0 Å². The Kier molecular flexibility index (Phi) is 6.19. The number of amides is 2. The Morgan fingerprint density at radius 1 is 1.21 bits per heavy atom. The first-order valence-corrected chi connectivity index (χ1v) is 9.05. The predicted molar refractivity (Wildman–Crippen MR) is 112 cm³/mol. The largest absolute Gasteiger partial charge is 0.350 e. The molecule has 3 aromatic rings. The summed E-state index contributed by atoms with van der Waals surface area (Å²) in [5, 5.41) is 8.99. The highest BCUT2D eigenvalue weighted by atomic mass is 19.1. The lowest BCUT2D eigenvalue weighted by Crippen LogP contribution is -2.29. The molecule has 29 heavy (non-hydrogen) atoms. The summed E-state index contributed by atoms with van der Waals surface area (Å²) in [5.41, 5.74) is 2.72. The second-order valence-electron chi connectivity index (χ2n) is 6.41. The minimum atomic E-state index is -0.379. The summed E-state index contributed by atoms with van der Waals surface area (Å²) in [6.45, 7) is 1.55. The van der Waals surface area contributed by atoms with Gasteiger partial charge in [-0.25, -0.2) is 9.40 Å². The number of benzene rings is 2. The SMILES string of the molecule is C/C=C\C(=N/N(C=O)CC(=O)Nc1cccc2c1ccn2C)c1ccc(F)cc1. The van der Waals surface area contributed by atoms with Gasteiger partial charge in [-0.05, 0) is 55.5 Å². The van der Waals surface area contributed by atoms with Gasteiger partial charge in [0.1, 0.15) is 12.4 Å². The number of carbonyl (C=O) groups is 2. The number of carbonyl (C=O) groups excluding carboxylic acids is 2. The molecular weight excluding hydrogens is 371 g/mol. The molecule has 1 N–H and O–H groups in total. The van der Waals surface area contributed by atoms with Crippen molar-refractivity contribution in [1.82, 2.24) is 9.58 Å². The topological polar surface area (TPSA) is 66.7 Å². The van der Waals surface area contributed by atoms with Crippen LogP contribution in [0, 0.1) is 5.82 Å². The third-order valence-corrected chi connectivity index (χ3v) is 4.33. The zero-order chi connectivity index (χ0) is 20.8. The molecule has 0 aliphatic rings. The van der Waals surface area contributed by atoms with E-state index in [0.717, 1.165) is 15.9 Å². The number of nitrogens with zero attached hydrogens (tertiary/aromatic N) is 3. The molecule has 0 saturated carbocycles. The summed E-state index contributed by atoms with van der Waals surface area (Å²) in [5.74, 6) is -0.744. The van der Waals surface area contributed by atoms with Crippen molar-refractivity contribution in [3.05, 3.63) is 78.3 Å². The molecule has 0 aliphatic heterocycles. The molecule has 0 radical (unpaired) electrons. The van der Waals surface area contributed by atoms with Crippen LogP contribution in [-0.4, -0.2) is 34.1 Å². The Balaban J connectivity index is 1.78. The first-order chi connectivity index (χ1) is 14.0. The van der Waals surface area contributed by atoms with Gasteiger partial charge in [-0.2, -0.15) is 5.10 Å². The average Bonchev–Trinajstić information content (AvgIpc) is 3.09. The van der Waals surface area contributed by atoms with Gasteiger partial charge in [-0.1, -0.05) is 12.1 Å². The van der Waals surface area contributed by atoms with Gasteiger partial charge in [0.25, 0.3) is 0 Å². The summed E-state index contributed by atoms with van der Waals surface area (Å²) in [4.78, 5) is 24.0. The van der Waals surface area contributed by atoms with Crippen LogP contribution < -0.4 is 5.32 Å². The van der Waals surface area contributed by atoms with Gasteiger partial charge < -0.3 is 9.88 Å². The van der Waals surface area contributed by atoms with Crippen molar-refractivity contribution in [2.75, 3.05) is 11.9 Å². The number of aromatic nitrogens is 1. The molecule has 1 aromatic heterocycles. The molecule has 2 amide bonds. The molecule has 0 spiro atoms. The van der Waals surface area contributed by atoms with E-state index < -0.39 is 0 Å². The number of hydrogen-bond donors (Lipinski definition) is 1. The molecule has 0 fully saturated rings. The third kappa shape index (κ3) is 4.76. The summed E-state index contributed by atoms with van der Waals surface area (Å²) in [7, 11) is 1.93. The Morgan fingerprint density at radius 2 is 1.97 bits per heavy atom. The van der Waals surface area contributed by atoms with Crippen molar-refractivity contribution in [3.8, 4) is 0 Å². The van der Waals surface area contributed by atoms with Gasteiger partial charge in [0.05, 0.1) is 11.4 Å². The maximum absolute atomic E-state index is 13.2. The summed E-state index contributed by atoms with van der Waals surface area (Å²) < 4.78 is 15.1. The van der Waals surface area contributed by atoms with E-state index in [0.29, 0.717) is 23.4 Å². The van der Waals surface area contributed by atoms with E-state index >= 15 is 0 Å². The molecule has 0 atom stereocenters. The molecule has 1 heterocycles. The smallest absolute Gasteiger partial charge is 0.246 e. The lowest BCUT2D eigenvalue weighted by atomic mass is 10.1. The highest BCUT2D eigenvalue weighted by Gasteiger charge is 2.12. The van der Waals surface area contributed by atoms with Crippen LogP contribution in [-0.2, 0) is 16.6 Å². The number of halogens is 1. The van der Waals surface area contributed by atoms with E-state index in [2.05, 4.69) is 10.4 Å². The maximum atomic E-state index is 13.2. The normalized spacial score (nSPS) is 11.8. The number of allylic oxidation sites excluding steroid dienone is 2. The number of fused-ring (bicyclic) bond motifs is 1. The van der Waals surface area contributed by atoms with Crippen molar-refractivity contribution in [2.45, 2.75) is 6.92 Å². The second kappa shape index (κ2) is 8.97. The van der Waals surface area contributed by atoms with E-state index in [1.54, 1.807) is 37.3 Å². The molecule has 6 nitrogen and oxygen atoms in total. The molecule has 0 bridgehead atoms. The fraction of sp³-hybridized carbons (Fsp3) is 0.136. The quantitative estimate of drug-likeness (QED) is 0.379. The van der Waals surface area contributed by atoms with E-state index in [-0.39, 0.29) is 18.3 Å². The second-order valence-corrected chi connectivity index (χ2v) is 6.41. The molecule has 3 rings (SSSR count). The van der Waals surface area contributed by atoms with Crippen molar-refractivity contribution < 1.29 is 14.0 Å². The van der Waals surface area contributed by atoms with Crippen LogP contribution >= 0.6 is 0 Å². The Morgan fingerprint density at radius 3 is 2.66 bits per heavy atom. The number of hydrogen-bond acceptors (Lipinski definition) is 3. The molecule has 0 saturated heterocycles. The van der Waals surface area contributed by atoms with Crippen LogP contribution in [0.5, 0.6) is 0 Å². The summed E-state index contributed by atoms with van der Waals surface area (Å²) in [6, 6.07) is 13.3. The van der Waals surface area contributed by atoms with Crippen LogP contribution in [0.2, 0.25) is 0 Å². The zero-order valence-corrected chi connectivity index (χ0v) is 16.2. The van der Waals surface area contributed by atoms with E-state index in [9.17, 15) is 14.0 Å². The zero-order valence-electron chi connectivity index (χ0n) is 16.2. The third-order valence-electron chi connectivity index (χ3n) is 4.33. The highest BCUT2D eigenvalue weighted by molar-refractivity contribution is 6.09. The van der Waals surface area contributed by atoms with Gasteiger partial charge in [0.2, 0.25) is 12.3 Å². The lowest BCUT2D eigenvalue weighted by Gasteiger charge is -2.14. The summed E-state index contributed by atoms with van der Waals surface area (Å²) in [6.07, 6.45) is 5.83. The van der Waals surface area contributed by atoms with Gasteiger partial charge in [0.15, 0.2) is 0 Å². The molecule has 148 valence electrons. The molecule has 7 heteroatoms. The maximum Gasteiger partial charge on any atom is 0.246 e. The standard InChI is InChI=1S/C22H21FN4O2/c1-3-5-19(16-8-10-17(23)11-9-16)25-27(15-28)14-22(29)24-20-6-4-7-21-18(20)12-13-26(21)2/h3-13,15H,14H2,1-2H3,(H,24,29)/b5-3-,25-19+. The fourth-order valence-electron chi connectivity index (χ4n) is 2.95. The van der Waals surface area contributed by atoms with Crippen LogP contribution in [0.15, 0.2) is 72.0 Å². The highest BCUT2D eigenvalue weighted by Crippen LogP contribution is 2.23. The molecule has 0 aliphatic carbocycles. The number of nitrogens with one attached hydrogen (secondary N) is 1. The van der Waals surface area contributed by atoms with Gasteiger partial charge in [0, 0.05) is 29.7 Å². The molecule has 2 aromatic carbocycles. The number of aryl methyl sites for hydroxylation is 1. The monoisotopic (exact) mass is 392 g/mol. The van der Waals surface area contributed by atoms with Crippen LogP contribution in [0.4, 0.5) is 10.1 Å². The Hall–Kier alpha value is -3.74. The van der Waals surface area contributed by atoms with Crippen LogP contribution in [0.25, 0.3) is 10.9 Å². The molecular formula is C22H21FN4O2. The first kappa shape index (κ1) is 20.0.